The van der Waals surface area contributed by atoms with Gasteiger partial charge in [-0.3, -0.25) is 4.90 Å². The minimum Gasteiger partial charge on any atom is -0.489 e. The molecule has 0 aliphatic heterocycles. The van der Waals surface area contributed by atoms with Gasteiger partial charge in [0.25, 0.3) is 0 Å². The molecule has 0 aliphatic carbocycles. The number of hydrogen-bond donors (Lipinski definition) is 0. The van der Waals surface area contributed by atoms with Gasteiger partial charge in [-0.15, -0.1) is 0 Å². The van der Waals surface area contributed by atoms with Gasteiger partial charge < -0.3 is 9.15 Å². The standard InChI is InChI=1S/C18H23NO2/c1-14(2)13-21-18-9-6-5-8-16(18)12-19(4)15(3)17-10-7-11-20-17/h5-11,15H,1,12-13H2,2-4H3. The lowest BCUT2D eigenvalue weighted by Gasteiger charge is -2.24. The van der Waals surface area contributed by atoms with E-state index in [4.69, 9.17) is 9.15 Å². The van der Waals surface area contributed by atoms with Crippen LogP contribution in [0.25, 0.3) is 0 Å². The van der Waals surface area contributed by atoms with E-state index in [9.17, 15) is 0 Å². The van der Waals surface area contributed by atoms with Crippen LogP contribution >= 0.6 is 0 Å². The Morgan fingerprint density at radius 3 is 2.71 bits per heavy atom. The third kappa shape index (κ3) is 4.23. The summed E-state index contributed by atoms with van der Waals surface area (Å²) in [5.74, 6) is 1.89. The van der Waals surface area contributed by atoms with Gasteiger partial charge in [-0.25, -0.2) is 0 Å². The van der Waals surface area contributed by atoms with Crippen LogP contribution in [0.1, 0.15) is 31.2 Å². The molecule has 112 valence electrons. The summed E-state index contributed by atoms with van der Waals surface area (Å²) in [6.45, 7) is 9.33. The summed E-state index contributed by atoms with van der Waals surface area (Å²) in [6.07, 6.45) is 1.71. The quantitative estimate of drug-likeness (QED) is 0.704. The van der Waals surface area contributed by atoms with Crippen molar-refractivity contribution >= 4 is 0 Å². The van der Waals surface area contributed by atoms with E-state index in [1.165, 1.54) is 5.56 Å². The third-order valence-electron chi connectivity index (χ3n) is 3.48. The molecule has 0 saturated carbocycles. The Bertz CT molecular complexity index is 575. The second kappa shape index (κ2) is 7.14. The molecule has 1 aromatic heterocycles. The number of benzene rings is 1. The van der Waals surface area contributed by atoms with Gasteiger partial charge in [0.2, 0.25) is 0 Å². The molecule has 3 nitrogen and oxygen atoms in total. The van der Waals surface area contributed by atoms with Crippen molar-refractivity contribution in [1.82, 2.24) is 4.90 Å². The molecule has 0 saturated heterocycles. The van der Waals surface area contributed by atoms with Crippen LogP contribution in [0.5, 0.6) is 5.75 Å². The Balaban J connectivity index is 2.06. The summed E-state index contributed by atoms with van der Waals surface area (Å²) >= 11 is 0. The van der Waals surface area contributed by atoms with Crippen molar-refractivity contribution < 1.29 is 9.15 Å². The van der Waals surface area contributed by atoms with Crippen molar-refractivity contribution in [3.8, 4) is 5.75 Å². The zero-order valence-electron chi connectivity index (χ0n) is 13.0. The van der Waals surface area contributed by atoms with E-state index in [0.29, 0.717) is 6.61 Å². The number of furan rings is 1. The second-order valence-electron chi connectivity index (χ2n) is 5.46. The highest BCUT2D eigenvalue weighted by Gasteiger charge is 2.16. The number of rotatable bonds is 7. The van der Waals surface area contributed by atoms with Crippen molar-refractivity contribution in [2.75, 3.05) is 13.7 Å². The van der Waals surface area contributed by atoms with E-state index in [1.54, 1.807) is 6.26 Å². The fourth-order valence-corrected chi connectivity index (χ4v) is 2.13. The van der Waals surface area contributed by atoms with Crippen LogP contribution < -0.4 is 4.74 Å². The van der Waals surface area contributed by atoms with Crippen LogP contribution in [0.3, 0.4) is 0 Å². The summed E-state index contributed by atoms with van der Waals surface area (Å²) < 4.78 is 11.3. The molecule has 1 atom stereocenters. The number of para-hydroxylation sites is 1. The molecular formula is C18H23NO2. The van der Waals surface area contributed by atoms with E-state index in [-0.39, 0.29) is 6.04 Å². The molecular weight excluding hydrogens is 262 g/mol. The Kier molecular flexibility index (Phi) is 5.23. The summed E-state index contributed by atoms with van der Waals surface area (Å²) in [5, 5.41) is 0. The summed E-state index contributed by atoms with van der Waals surface area (Å²) in [7, 11) is 2.09. The van der Waals surface area contributed by atoms with Gasteiger partial charge in [0.05, 0.1) is 12.3 Å². The SMILES string of the molecule is C=C(C)COc1ccccc1CN(C)C(C)c1ccco1. The maximum Gasteiger partial charge on any atom is 0.124 e. The molecule has 21 heavy (non-hydrogen) atoms. The average molecular weight is 285 g/mol. The van der Waals surface area contributed by atoms with Crippen molar-refractivity contribution in [2.24, 2.45) is 0 Å². The molecule has 0 radical (unpaired) electrons. The molecule has 0 spiro atoms. The maximum atomic E-state index is 5.82. The van der Waals surface area contributed by atoms with E-state index >= 15 is 0 Å². The highest BCUT2D eigenvalue weighted by molar-refractivity contribution is 5.33. The molecule has 1 heterocycles. The summed E-state index contributed by atoms with van der Waals surface area (Å²) in [4.78, 5) is 2.24. The van der Waals surface area contributed by atoms with Crippen molar-refractivity contribution in [1.29, 1.82) is 0 Å². The van der Waals surface area contributed by atoms with E-state index in [1.807, 2.05) is 37.3 Å². The van der Waals surface area contributed by atoms with Crippen LogP contribution in [-0.2, 0) is 6.54 Å². The molecule has 1 aromatic carbocycles. The normalized spacial score (nSPS) is 12.4. The average Bonchev–Trinajstić information content (AvgIpc) is 2.99. The van der Waals surface area contributed by atoms with E-state index in [2.05, 4.69) is 31.5 Å². The second-order valence-corrected chi connectivity index (χ2v) is 5.46. The van der Waals surface area contributed by atoms with Gasteiger partial charge in [0, 0.05) is 12.1 Å². The van der Waals surface area contributed by atoms with Gasteiger partial charge in [-0.05, 0) is 44.7 Å². The largest absolute Gasteiger partial charge is 0.489 e. The zero-order chi connectivity index (χ0) is 15.2. The van der Waals surface area contributed by atoms with Gasteiger partial charge in [0.1, 0.15) is 18.1 Å². The Morgan fingerprint density at radius 2 is 2.05 bits per heavy atom. The van der Waals surface area contributed by atoms with Crippen LogP contribution in [0.2, 0.25) is 0 Å². The summed E-state index contributed by atoms with van der Waals surface area (Å²) in [5.41, 5.74) is 2.18. The summed E-state index contributed by atoms with van der Waals surface area (Å²) in [6, 6.07) is 12.3. The predicted molar refractivity (Wildman–Crippen MR) is 85.3 cm³/mol. The fraction of sp³-hybridized carbons (Fsp3) is 0.333. The van der Waals surface area contributed by atoms with E-state index < -0.39 is 0 Å². The Hall–Kier alpha value is -2.00. The monoisotopic (exact) mass is 285 g/mol. The smallest absolute Gasteiger partial charge is 0.124 e. The van der Waals surface area contributed by atoms with E-state index in [0.717, 1.165) is 23.6 Å². The number of ether oxygens (including phenoxy) is 1. The van der Waals surface area contributed by atoms with Gasteiger partial charge in [-0.1, -0.05) is 24.8 Å². The zero-order valence-corrected chi connectivity index (χ0v) is 13.0. The minimum absolute atomic E-state index is 0.217. The Labute approximate surface area is 126 Å². The first-order valence-electron chi connectivity index (χ1n) is 7.16. The van der Waals surface area contributed by atoms with Gasteiger partial charge >= 0.3 is 0 Å². The lowest BCUT2D eigenvalue weighted by Crippen LogP contribution is -2.22. The highest BCUT2D eigenvalue weighted by Crippen LogP contribution is 2.25. The van der Waals surface area contributed by atoms with Crippen LogP contribution in [-0.4, -0.2) is 18.6 Å². The third-order valence-corrected chi connectivity index (χ3v) is 3.48. The topological polar surface area (TPSA) is 25.6 Å². The van der Waals surface area contributed by atoms with Crippen LogP contribution in [0.15, 0.2) is 59.2 Å². The fourth-order valence-electron chi connectivity index (χ4n) is 2.13. The first-order valence-corrected chi connectivity index (χ1v) is 7.16. The van der Waals surface area contributed by atoms with Crippen LogP contribution in [0.4, 0.5) is 0 Å². The molecule has 2 rings (SSSR count). The maximum absolute atomic E-state index is 5.82. The predicted octanol–water partition coefficient (Wildman–Crippen LogP) is 4.43. The van der Waals surface area contributed by atoms with Crippen molar-refractivity contribution in [2.45, 2.75) is 26.4 Å². The molecule has 1 unspecified atom stereocenters. The molecule has 3 heteroatoms. The molecule has 2 aromatic rings. The molecule has 0 N–H and O–H groups in total. The highest BCUT2D eigenvalue weighted by atomic mass is 16.5. The lowest BCUT2D eigenvalue weighted by molar-refractivity contribution is 0.219. The lowest BCUT2D eigenvalue weighted by atomic mass is 10.1. The molecule has 0 fully saturated rings. The Morgan fingerprint density at radius 1 is 1.29 bits per heavy atom. The first kappa shape index (κ1) is 15.4. The minimum atomic E-state index is 0.217. The number of nitrogens with zero attached hydrogens (tertiary/aromatic N) is 1. The van der Waals surface area contributed by atoms with Gasteiger partial charge in [-0.2, -0.15) is 0 Å². The van der Waals surface area contributed by atoms with Crippen LogP contribution in [0, 0.1) is 0 Å². The molecule has 0 amide bonds. The van der Waals surface area contributed by atoms with Crippen molar-refractivity contribution in [3.63, 3.8) is 0 Å². The first-order chi connectivity index (χ1) is 10.1. The number of hydrogen-bond acceptors (Lipinski definition) is 3. The molecule has 0 aliphatic rings. The molecule has 0 bridgehead atoms. The van der Waals surface area contributed by atoms with Crippen molar-refractivity contribution in [3.05, 3.63) is 66.1 Å². The van der Waals surface area contributed by atoms with Gasteiger partial charge in [0.15, 0.2) is 0 Å².